The number of nitrogens with one attached hydrogen (secondary N) is 1. The molecule has 0 heterocycles. The van der Waals surface area contributed by atoms with Crippen molar-refractivity contribution in [2.75, 3.05) is 6.61 Å². The van der Waals surface area contributed by atoms with Gasteiger partial charge in [-0.1, -0.05) is 17.7 Å². The van der Waals surface area contributed by atoms with Crippen LogP contribution in [-0.4, -0.2) is 29.8 Å². The second-order valence-corrected chi connectivity index (χ2v) is 5.42. The van der Waals surface area contributed by atoms with E-state index in [9.17, 15) is 9.90 Å². The average molecular weight is 279 g/mol. The van der Waals surface area contributed by atoms with Crippen LogP contribution in [0, 0.1) is 13.8 Å². The van der Waals surface area contributed by atoms with Crippen molar-refractivity contribution in [2.24, 2.45) is 0 Å². The van der Waals surface area contributed by atoms with Gasteiger partial charge in [0, 0.05) is 6.04 Å². The minimum absolute atomic E-state index is 0.0244. The van der Waals surface area contributed by atoms with Crippen molar-refractivity contribution in [2.45, 2.75) is 52.7 Å². The first-order chi connectivity index (χ1) is 9.38. The Balaban J connectivity index is 2.31. The number of rotatable bonds is 7. The Morgan fingerprint density at radius 3 is 2.65 bits per heavy atom. The predicted octanol–water partition coefficient (Wildman–Crippen LogP) is 2.35. The maximum atomic E-state index is 11.7. The molecule has 0 aliphatic rings. The molecular formula is C16H25NO3. The van der Waals surface area contributed by atoms with Crippen molar-refractivity contribution >= 4 is 5.91 Å². The summed E-state index contributed by atoms with van der Waals surface area (Å²) in [6.07, 6.45) is 0.470. The third-order valence-corrected chi connectivity index (χ3v) is 3.02. The van der Waals surface area contributed by atoms with Crippen LogP contribution in [0.5, 0.6) is 5.75 Å². The second-order valence-electron chi connectivity index (χ2n) is 5.42. The lowest BCUT2D eigenvalue weighted by molar-refractivity contribution is -0.122. The lowest BCUT2D eigenvalue weighted by Crippen LogP contribution is -2.35. The number of hydrogen-bond donors (Lipinski definition) is 2. The summed E-state index contributed by atoms with van der Waals surface area (Å²) in [5.74, 6) is 0.767. The lowest BCUT2D eigenvalue weighted by Gasteiger charge is -2.15. The van der Waals surface area contributed by atoms with Crippen LogP contribution in [-0.2, 0) is 4.79 Å². The molecule has 4 nitrogen and oxygen atoms in total. The van der Waals surface area contributed by atoms with Crippen LogP contribution in [0.2, 0.25) is 0 Å². The summed E-state index contributed by atoms with van der Waals surface area (Å²) in [6, 6.07) is 5.95. The molecule has 0 fully saturated rings. The van der Waals surface area contributed by atoms with Gasteiger partial charge in [-0.05, 0) is 45.7 Å². The van der Waals surface area contributed by atoms with E-state index in [0.717, 1.165) is 11.3 Å². The Labute approximate surface area is 121 Å². The average Bonchev–Trinajstić information content (AvgIpc) is 2.30. The van der Waals surface area contributed by atoms with E-state index in [1.54, 1.807) is 6.92 Å². The Bertz CT molecular complexity index is 443. The van der Waals surface area contributed by atoms with E-state index in [0.29, 0.717) is 19.4 Å². The fourth-order valence-corrected chi connectivity index (χ4v) is 2.13. The van der Waals surface area contributed by atoms with Gasteiger partial charge in [0.2, 0.25) is 5.91 Å². The minimum atomic E-state index is -0.406. The topological polar surface area (TPSA) is 58.6 Å². The summed E-state index contributed by atoms with van der Waals surface area (Å²) in [6.45, 7) is 7.99. The summed E-state index contributed by atoms with van der Waals surface area (Å²) < 4.78 is 5.61. The van der Waals surface area contributed by atoms with Crippen molar-refractivity contribution in [1.29, 1.82) is 0 Å². The predicted molar refractivity (Wildman–Crippen MR) is 79.9 cm³/mol. The zero-order valence-corrected chi connectivity index (χ0v) is 12.8. The minimum Gasteiger partial charge on any atom is -0.493 e. The molecule has 4 heteroatoms. The van der Waals surface area contributed by atoms with E-state index in [1.165, 1.54) is 5.56 Å². The molecule has 2 N–H and O–H groups in total. The summed E-state index contributed by atoms with van der Waals surface area (Å²) >= 11 is 0. The Hall–Kier alpha value is -1.55. The van der Waals surface area contributed by atoms with E-state index in [2.05, 4.69) is 11.4 Å². The molecule has 2 unspecified atom stereocenters. The van der Waals surface area contributed by atoms with Gasteiger partial charge in [-0.3, -0.25) is 4.79 Å². The van der Waals surface area contributed by atoms with E-state index < -0.39 is 6.10 Å². The summed E-state index contributed by atoms with van der Waals surface area (Å²) in [7, 11) is 0. The molecule has 0 aromatic heterocycles. The fourth-order valence-electron chi connectivity index (χ4n) is 2.13. The summed E-state index contributed by atoms with van der Waals surface area (Å²) in [5.41, 5.74) is 2.27. The quantitative estimate of drug-likeness (QED) is 0.805. The number of aliphatic hydroxyl groups is 1. The number of ether oxygens (including phenoxy) is 1. The monoisotopic (exact) mass is 279 g/mol. The van der Waals surface area contributed by atoms with Gasteiger partial charge in [0.15, 0.2) is 0 Å². The highest BCUT2D eigenvalue weighted by molar-refractivity contribution is 5.76. The smallest absolute Gasteiger partial charge is 0.223 e. The molecule has 112 valence electrons. The molecule has 20 heavy (non-hydrogen) atoms. The number of carbonyl (C=O) groups excluding carboxylic acids is 1. The van der Waals surface area contributed by atoms with E-state index in [4.69, 9.17) is 4.74 Å². The highest BCUT2D eigenvalue weighted by Gasteiger charge is 2.10. The van der Waals surface area contributed by atoms with E-state index in [1.807, 2.05) is 32.9 Å². The maximum absolute atomic E-state index is 11.7. The molecule has 0 radical (unpaired) electrons. The first-order valence-electron chi connectivity index (χ1n) is 7.06. The molecule has 1 aromatic rings. The second kappa shape index (κ2) is 7.90. The van der Waals surface area contributed by atoms with Gasteiger partial charge in [0.05, 0.1) is 19.1 Å². The van der Waals surface area contributed by atoms with E-state index >= 15 is 0 Å². The van der Waals surface area contributed by atoms with Crippen molar-refractivity contribution in [3.63, 3.8) is 0 Å². The SMILES string of the molecule is Cc1ccc(OCCC(=O)NC(C)CC(C)O)c(C)c1. The third kappa shape index (κ3) is 6.06. The first-order valence-corrected chi connectivity index (χ1v) is 7.06. The standard InChI is InChI=1S/C16H25NO3/c1-11-5-6-15(12(2)9-11)20-8-7-16(19)17-13(3)10-14(4)18/h5-6,9,13-14,18H,7-8,10H2,1-4H3,(H,17,19). The van der Waals surface area contributed by atoms with Gasteiger partial charge in [0.1, 0.15) is 5.75 Å². The van der Waals surface area contributed by atoms with Crippen LogP contribution >= 0.6 is 0 Å². The van der Waals surface area contributed by atoms with Gasteiger partial charge in [0.25, 0.3) is 0 Å². The van der Waals surface area contributed by atoms with Crippen LogP contribution in [0.3, 0.4) is 0 Å². The van der Waals surface area contributed by atoms with Crippen LogP contribution in [0.4, 0.5) is 0 Å². The largest absolute Gasteiger partial charge is 0.493 e. The van der Waals surface area contributed by atoms with E-state index in [-0.39, 0.29) is 11.9 Å². The number of carbonyl (C=O) groups is 1. The van der Waals surface area contributed by atoms with Crippen molar-refractivity contribution in [1.82, 2.24) is 5.32 Å². The Morgan fingerprint density at radius 1 is 1.35 bits per heavy atom. The van der Waals surface area contributed by atoms with Crippen molar-refractivity contribution in [3.05, 3.63) is 29.3 Å². The van der Waals surface area contributed by atoms with Gasteiger partial charge in [-0.15, -0.1) is 0 Å². The number of amides is 1. The van der Waals surface area contributed by atoms with Crippen LogP contribution < -0.4 is 10.1 Å². The molecule has 0 saturated carbocycles. The normalized spacial score (nSPS) is 13.7. The number of benzene rings is 1. The van der Waals surface area contributed by atoms with Crippen LogP contribution in [0.1, 0.15) is 37.8 Å². The lowest BCUT2D eigenvalue weighted by atomic mass is 10.1. The molecule has 1 aromatic carbocycles. The Kier molecular flexibility index (Phi) is 6.52. The molecule has 1 rings (SSSR count). The van der Waals surface area contributed by atoms with Crippen LogP contribution in [0.15, 0.2) is 18.2 Å². The molecule has 0 saturated heterocycles. The fraction of sp³-hybridized carbons (Fsp3) is 0.562. The molecule has 1 amide bonds. The molecule has 0 bridgehead atoms. The molecule has 2 atom stereocenters. The maximum Gasteiger partial charge on any atom is 0.223 e. The molecule has 0 aliphatic carbocycles. The molecule has 0 spiro atoms. The zero-order valence-electron chi connectivity index (χ0n) is 12.8. The Morgan fingerprint density at radius 2 is 2.05 bits per heavy atom. The number of hydrogen-bond acceptors (Lipinski definition) is 3. The summed E-state index contributed by atoms with van der Waals surface area (Å²) in [5, 5.41) is 12.1. The highest BCUT2D eigenvalue weighted by Crippen LogP contribution is 2.18. The zero-order chi connectivity index (χ0) is 15.1. The van der Waals surface area contributed by atoms with Gasteiger partial charge in [-0.2, -0.15) is 0 Å². The first kappa shape index (κ1) is 16.5. The number of aryl methyl sites for hydroxylation is 2. The van der Waals surface area contributed by atoms with Gasteiger partial charge in [-0.25, -0.2) is 0 Å². The van der Waals surface area contributed by atoms with Crippen LogP contribution in [0.25, 0.3) is 0 Å². The number of aliphatic hydroxyl groups excluding tert-OH is 1. The van der Waals surface area contributed by atoms with Gasteiger partial charge < -0.3 is 15.2 Å². The van der Waals surface area contributed by atoms with Crippen molar-refractivity contribution < 1.29 is 14.6 Å². The molecule has 0 aliphatic heterocycles. The third-order valence-electron chi connectivity index (χ3n) is 3.02. The summed E-state index contributed by atoms with van der Waals surface area (Å²) in [4.78, 5) is 11.7. The molecular weight excluding hydrogens is 254 g/mol. The highest BCUT2D eigenvalue weighted by atomic mass is 16.5. The van der Waals surface area contributed by atoms with Crippen molar-refractivity contribution in [3.8, 4) is 5.75 Å². The van der Waals surface area contributed by atoms with Gasteiger partial charge >= 0.3 is 0 Å².